The van der Waals surface area contributed by atoms with Crippen molar-refractivity contribution in [2.24, 2.45) is 0 Å². The Bertz CT molecular complexity index is 1290. The summed E-state index contributed by atoms with van der Waals surface area (Å²) in [6, 6.07) is 12.8. The van der Waals surface area contributed by atoms with Gasteiger partial charge in [-0.15, -0.1) is 10.2 Å². The average molecular weight is 446 g/mol. The minimum atomic E-state index is -0.676. The van der Waals surface area contributed by atoms with Gasteiger partial charge in [0.15, 0.2) is 0 Å². The number of hydrogen-bond donors (Lipinski definition) is 0. The molecule has 2 heterocycles. The number of hydrogen-bond acceptors (Lipinski definition) is 8. The predicted octanol–water partition coefficient (Wildman–Crippen LogP) is 3.31. The van der Waals surface area contributed by atoms with Crippen molar-refractivity contribution in [3.8, 4) is 11.4 Å². The smallest absolute Gasteiger partial charge is 0.355 e. The third-order valence-corrected chi connectivity index (χ3v) is 4.91. The Kier molecular flexibility index (Phi) is 6.21. The van der Waals surface area contributed by atoms with Crippen LogP contribution in [-0.4, -0.2) is 47.8 Å². The van der Waals surface area contributed by atoms with Gasteiger partial charge in [-0.1, -0.05) is 6.08 Å². The number of anilines is 1. The highest BCUT2D eigenvalue weighted by Crippen LogP contribution is 2.28. The molecular formula is C24H22N4O5. The molecule has 0 unspecified atom stereocenters. The number of esters is 2. The number of aromatic nitrogens is 3. The van der Waals surface area contributed by atoms with Crippen molar-refractivity contribution in [2.75, 3.05) is 25.7 Å². The Labute approximate surface area is 190 Å². The first-order valence-corrected chi connectivity index (χ1v) is 10.2. The van der Waals surface area contributed by atoms with Gasteiger partial charge in [-0.3, -0.25) is 0 Å². The maximum Gasteiger partial charge on any atom is 0.355 e. The van der Waals surface area contributed by atoms with Crippen LogP contribution in [0.25, 0.3) is 16.7 Å². The summed E-state index contributed by atoms with van der Waals surface area (Å²) in [7, 11) is 2.51. The summed E-state index contributed by atoms with van der Waals surface area (Å²) >= 11 is 0. The van der Waals surface area contributed by atoms with E-state index < -0.39 is 11.9 Å². The van der Waals surface area contributed by atoms with Crippen LogP contribution < -0.4 is 9.64 Å². The van der Waals surface area contributed by atoms with E-state index in [0.717, 1.165) is 11.4 Å². The summed E-state index contributed by atoms with van der Waals surface area (Å²) in [5.41, 5.74) is 2.76. The number of nitrogens with zero attached hydrogens (tertiary/aromatic N) is 4. The van der Waals surface area contributed by atoms with Gasteiger partial charge in [-0.25, -0.2) is 9.59 Å². The third kappa shape index (κ3) is 4.33. The molecule has 33 heavy (non-hydrogen) atoms. The van der Waals surface area contributed by atoms with Crippen LogP contribution >= 0.6 is 0 Å². The molecule has 0 aliphatic carbocycles. The maximum absolute atomic E-state index is 12.6. The second kappa shape index (κ2) is 9.39. The standard InChI is InChI=1S/C24H22N4O5/c1-4-33-18-11-8-16(9-12-18)28-25-20-13-10-17(15-21(20)26-28)27-14-6-5-7-19(23(29)31-2)22(27)24(30)32-3/h5-15H,4H2,1-3H3. The molecule has 0 fully saturated rings. The van der Waals surface area contributed by atoms with Crippen LogP contribution in [0.5, 0.6) is 5.75 Å². The molecule has 4 rings (SSSR count). The van der Waals surface area contributed by atoms with Crippen molar-refractivity contribution in [1.29, 1.82) is 0 Å². The zero-order chi connectivity index (χ0) is 23.4. The normalized spacial score (nSPS) is 13.2. The molecule has 1 aliphatic heterocycles. The lowest BCUT2D eigenvalue weighted by molar-refractivity contribution is -0.139. The summed E-state index contributed by atoms with van der Waals surface area (Å²) in [5, 5.41) is 9.10. The van der Waals surface area contributed by atoms with Crippen LogP contribution in [-0.2, 0) is 19.1 Å². The number of allylic oxidation sites excluding steroid dienone is 2. The van der Waals surface area contributed by atoms with Gasteiger partial charge >= 0.3 is 11.9 Å². The zero-order valence-corrected chi connectivity index (χ0v) is 18.4. The molecule has 168 valence electrons. The Morgan fingerprint density at radius 1 is 0.879 bits per heavy atom. The number of ether oxygens (including phenoxy) is 3. The minimum Gasteiger partial charge on any atom is -0.494 e. The number of rotatable bonds is 6. The Hall–Kier alpha value is -4.40. The molecule has 0 saturated carbocycles. The van der Waals surface area contributed by atoms with Crippen molar-refractivity contribution < 1.29 is 23.8 Å². The van der Waals surface area contributed by atoms with Gasteiger partial charge < -0.3 is 19.1 Å². The molecule has 9 nitrogen and oxygen atoms in total. The fourth-order valence-electron chi connectivity index (χ4n) is 3.38. The van der Waals surface area contributed by atoms with E-state index in [9.17, 15) is 9.59 Å². The van der Waals surface area contributed by atoms with Crippen LogP contribution in [0.2, 0.25) is 0 Å². The number of fused-ring (bicyclic) bond motifs is 1. The van der Waals surface area contributed by atoms with E-state index in [4.69, 9.17) is 14.2 Å². The van der Waals surface area contributed by atoms with Crippen LogP contribution in [0.15, 0.2) is 78.2 Å². The molecular weight excluding hydrogens is 424 g/mol. The quantitative estimate of drug-likeness (QED) is 0.532. The second-order valence-corrected chi connectivity index (χ2v) is 6.91. The molecule has 9 heteroatoms. The molecule has 3 aromatic rings. The van der Waals surface area contributed by atoms with Crippen LogP contribution in [0.4, 0.5) is 5.69 Å². The van der Waals surface area contributed by atoms with Gasteiger partial charge in [0.25, 0.3) is 0 Å². The molecule has 2 aromatic carbocycles. The Balaban J connectivity index is 1.75. The first-order chi connectivity index (χ1) is 16.0. The predicted molar refractivity (Wildman–Crippen MR) is 122 cm³/mol. The van der Waals surface area contributed by atoms with Gasteiger partial charge in [0, 0.05) is 11.9 Å². The van der Waals surface area contributed by atoms with E-state index in [-0.39, 0.29) is 11.3 Å². The van der Waals surface area contributed by atoms with Gasteiger partial charge in [0.2, 0.25) is 0 Å². The molecule has 0 N–H and O–H groups in total. The highest BCUT2D eigenvalue weighted by molar-refractivity contribution is 6.05. The number of benzene rings is 2. The molecule has 0 spiro atoms. The number of carbonyl (C=O) groups excluding carboxylic acids is 2. The van der Waals surface area contributed by atoms with Gasteiger partial charge in [0.05, 0.1) is 32.1 Å². The minimum absolute atomic E-state index is 0.0348. The molecule has 1 aliphatic rings. The topological polar surface area (TPSA) is 95.8 Å². The summed E-state index contributed by atoms with van der Waals surface area (Å²) in [6.07, 6.45) is 6.53. The molecule has 0 radical (unpaired) electrons. The van der Waals surface area contributed by atoms with Crippen molar-refractivity contribution in [3.05, 3.63) is 78.2 Å². The number of carbonyl (C=O) groups is 2. The van der Waals surface area contributed by atoms with Crippen LogP contribution in [0, 0.1) is 0 Å². The van der Waals surface area contributed by atoms with Crippen molar-refractivity contribution in [1.82, 2.24) is 15.0 Å². The Morgan fingerprint density at radius 3 is 2.27 bits per heavy atom. The largest absolute Gasteiger partial charge is 0.494 e. The van der Waals surface area contributed by atoms with E-state index in [0.29, 0.717) is 23.3 Å². The number of methoxy groups -OCH3 is 2. The van der Waals surface area contributed by atoms with Crippen LogP contribution in [0.1, 0.15) is 6.92 Å². The lowest BCUT2D eigenvalue weighted by Gasteiger charge is -2.22. The highest BCUT2D eigenvalue weighted by Gasteiger charge is 2.27. The van der Waals surface area contributed by atoms with Gasteiger partial charge in [0.1, 0.15) is 22.5 Å². The lowest BCUT2D eigenvalue weighted by atomic mass is 10.1. The lowest BCUT2D eigenvalue weighted by Crippen LogP contribution is -2.26. The molecule has 0 bridgehead atoms. The zero-order valence-electron chi connectivity index (χ0n) is 18.4. The van der Waals surface area contributed by atoms with Crippen molar-refractivity contribution >= 4 is 28.7 Å². The maximum atomic E-state index is 12.6. The summed E-state index contributed by atoms with van der Waals surface area (Å²) in [5.74, 6) is -0.557. The molecule has 0 amide bonds. The molecule has 0 atom stereocenters. The second-order valence-electron chi connectivity index (χ2n) is 6.91. The highest BCUT2D eigenvalue weighted by atomic mass is 16.5. The van der Waals surface area contributed by atoms with Gasteiger partial charge in [-0.05, 0) is 61.5 Å². The summed E-state index contributed by atoms with van der Waals surface area (Å²) in [6.45, 7) is 2.52. The van der Waals surface area contributed by atoms with E-state index >= 15 is 0 Å². The first kappa shape index (κ1) is 21.8. The molecule has 0 saturated heterocycles. The van der Waals surface area contributed by atoms with Crippen LogP contribution in [0.3, 0.4) is 0 Å². The van der Waals surface area contributed by atoms with Crippen molar-refractivity contribution in [3.63, 3.8) is 0 Å². The van der Waals surface area contributed by atoms with E-state index in [2.05, 4.69) is 10.2 Å². The van der Waals surface area contributed by atoms with E-state index in [1.54, 1.807) is 41.5 Å². The summed E-state index contributed by atoms with van der Waals surface area (Å²) < 4.78 is 15.3. The first-order valence-electron chi connectivity index (χ1n) is 10.2. The third-order valence-electron chi connectivity index (χ3n) is 4.91. The summed E-state index contributed by atoms with van der Waals surface area (Å²) in [4.78, 5) is 28.0. The average Bonchev–Trinajstić information content (AvgIpc) is 3.14. The van der Waals surface area contributed by atoms with Crippen molar-refractivity contribution in [2.45, 2.75) is 6.92 Å². The van der Waals surface area contributed by atoms with E-state index in [1.165, 1.54) is 25.1 Å². The monoisotopic (exact) mass is 446 g/mol. The fourth-order valence-corrected chi connectivity index (χ4v) is 3.38. The fraction of sp³-hybridized carbons (Fsp3) is 0.167. The van der Waals surface area contributed by atoms with Gasteiger partial charge in [-0.2, -0.15) is 4.80 Å². The Morgan fingerprint density at radius 2 is 1.58 bits per heavy atom. The SMILES string of the molecule is CCOc1ccc(-n2nc3ccc(N4C=CC=CC(C(=O)OC)=C4C(=O)OC)cc3n2)cc1. The molecule has 1 aromatic heterocycles. The van der Waals surface area contributed by atoms with E-state index in [1.807, 2.05) is 31.2 Å².